The first-order valence-corrected chi connectivity index (χ1v) is 2.60. The van der Waals surface area contributed by atoms with E-state index in [4.69, 9.17) is 5.73 Å². The Morgan fingerprint density at radius 3 is 2.25 bits per heavy atom. The maximum absolute atomic E-state index is 5.36. The molecule has 48 valence electrons. The molecule has 0 fully saturated rings. The minimum Gasteiger partial charge on any atom is -0.323 e. The topological polar surface area (TPSA) is 41.6 Å². The van der Waals surface area contributed by atoms with Gasteiger partial charge in [-0.3, -0.25) is 0 Å². The smallest absolute Gasteiger partial charge is 0.0409 e. The van der Waals surface area contributed by atoms with Crippen LogP contribution in [0.4, 0.5) is 0 Å². The molecule has 3 nitrogen and oxygen atoms in total. The van der Waals surface area contributed by atoms with Gasteiger partial charge in [-0.2, -0.15) is 5.10 Å². The Morgan fingerprint density at radius 2 is 2.12 bits per heavy atom. The van der Waals surface area contributed by atoms with Crippen LogP contribution in [0.25, 0.3) is 0 Å². The van der Waals surface area contributed by atoms with E-state index in [9.17, 15) is 0 Å². The summed E-state index contributed by atoms with van der Waals surface area (Å²) in [7, 11) is 3.72. The van der Waals surface area contributed by atoms with E-state index in [0.717, 1.165) is 0 Å². The third-order valence-electron chi connectivity index (χ3n) is 0.533. The fraction of sp³-hybridized carbons (Fsp3) is 0.800. The zero-order chi connectivity index (χ0) is 6.57. The van der Waals surface area contributed by atoms with Crippen LogP contribution in [0.1, 0.15) is 6.92 Å². The van der Waals surface area contributed by atoms with E-state index < -0.39 is 0 Å². The van der Waals surface area contributed by atoms with E-state index in [1.807, 2.05) is 21.0 Å². The Kier molecular flexibility index (Phi) is 3.19. The van der Waals surface area contributed by atoms with Gasteiger partial charge in [0.15, 0.2) is 0 Å². The van der Waals surface area contributed by atoms with Crippen molar-refractivity contribution in [2.45, 2.75) is 13.0 Å². The van der Waals surface area contributed by atoms with Crippen molar-refractivity contribution >= 4 is 6.21 Å². The van der Waals surface area contributed by atoms with Crippen LogP contribution in [0.3, 0.4) is 0 Å². The molecule has 1 unspecified atom stereocenters. The zero-order valence-corrected chi connectivity index (χ0v) is 5.63. The molecule has 0 spiro atoms. The van der Waals surface area contributed by atoms with Crippen LogP contribution in [-0.2, 0) is 0 Å². The monoisotopic (exact) mass is 115 g/mol. The molecule has 0 radical (unpaired) electrons. The van der Waals surface area contributed by atoms with Crippen LogP contribution >= 0.6 is 0 Å². The molecular weight excluding hydrogens is 102 g/mol. The van der Waals surface area contributed by atoms with Gasteiger partial charge in [-0.15, -0.1) is 0 Å². The highest BCUT2D eigenvalue weighted by atomic mass is 15.4. The number of rotatable bonds is 2. The summed E-state index contributed by atoms with van der Waals surface area (Å²) in [6.45, 7) is 1.88. The molecule has 0 aliphatic carbocycles. The summed E-state index contributed by atoms with van der Waals surface area (Å²) in [5.41, 5.74) is 5.36. The average molecular weight is 115 g/mol. The van der Waals surface area contributed by atoms with Crippen LogP contribution in [0, 0.1) is 0 Å². The molecule has 0 aromatic heterocycles. The van der Waals surface area contributed by atoms with Gasteiger partial charge in [0.25, 0.3) is 0 Å². The predicted molar refractivity (Wildman–Crippen MR) is 35.8 cm³/mol. The van der Waals surface area contributed by atoms with Crippen molar-refractivity contribution in [3.05, 3.63) is 0 Å². The Hall–Kier alpha value is -0.570. The number of hydrogen-bond donors (Lipinski definition) is 1. The minimum absolute atomic E-state index is 0.0531. The maximum Gasteiger partial charge on any atom is 0.0409 e. The van der Waals surface area contributed by atoms with Crippen LogP contribution < -0.4 is 5.73 Å². The van der Waals surface area contributed by atoms with Gasteiger partial charge in [0.05, 0.1) is 0 Å². The van der Waals surface area contributed by atoms with E-state index in [-0.39, 0.29) is 6.04 Å². The first-order chi connectivity index (χ1) is 3.63. The summed E-state index contributed by atoms with van der Waals surface area (Å²) in [6, 6.07) is 0.0531. The largest absolute Gasteiger partial charge is 0.323 e. The molecule has 0 bridgehead atoms. The van der Waals surface area contributed by atoms with Crippen molar-refractivity contribution < 1.29 is 0 Å². The van der Waals surface area contributed by atoms with Crippen molar-refractivity contribution in [3.8, 4) is 0 Å². The minimum atomic E-state index is 0.0531. The highest BCUT2D eigenvalue weighted by molar-refractivity contribution is 5.62. The van der Waals surface area contributed by atoms with Crippen molar-refractivity contribution in [3.63, 3.8) is 0 Å². The number of hydrazone groups is 1. The van der Waals surface area contributed by atoms with Gasteiger partial charge >= 0.3 is 0 Å². The molecule has 0 rings (SSSR count). The van der Waals surface area contributed by atoms with Gasteiger partial charge in [-0.25, -0.2) is 0 Å². The molecule has 1 atom stereocenters. The predicted octanol–water partition coefficient (Wildman–Crippen LogP) is -0.119. The lowest BCUT2D eigenvalue weighted by molar-refractivity contribution is 0.438. The third kappa shape index (κ3) is 5.43. The van der Waals surface area contributed by atoms with Crippen molar-refractivity contribution in [2.24, 2.45) is 10.8 Å². The number of nitrogens with zero attached hydrogens (tertiary/aromatic N) is 2. The van der Waals surface area contributed by atoms with E-state index in [2.05, 4.69) is 5.10 Å². The van der Waals surface area contributed by atoms with Crippen molar-refractivity contribution in [2.75, 3.05) is 14.1 Å². The van der Waals surface area contributed by atoms with Crippen LogP contribution in [0.2, 0.25) is 0 Å². The lowest BCUT2D eigenvalue weighted by atomic mass is 10.4. The molecular formula is C5H13N3. The first-order valence-electron chi connectivity index (χ1n) is 2.60. The Balaban J connectivity index is 3.34. The second-order valence-electron chi connectivity index (χ2n) is 1.97. The van der Waals surface area contributed by atoms with Crippen LogP contribution in [0.5, 0.6) is 0 Å². The van der Waals surface area contributed by atoms with Gasteiger partial charge in [0.1, 0.15) is 0 Å². The van der Waals surface area contributed by atoms with Crippen LogP contribution in [-0.4, -0.2) is 31.4 Å². The van der Waals surface area contributed by atoms with Gasteiger partial charge in [-0.1, -0.05) is 0 Å². The van der Waals surface area contributed by atoms with E-state index >= 15 is 0 Å². The molecule has 0 aromatic carbocycles. The fourth-order valence-corrected chi connectivity index (χ4v) is 0.238. The van der Waals surface area contributed by atoms with Gasteiger partial charge in [-0.05, 0) is 6.92 Å². The number of hydrogen-bond acceptors (Lipinski definition) is 3. The second kappa shape index (κ2) is 3.43. The van der Waals surface area contributed by atoms with Crippen molar-refractivity contribution in [1.29, 1.82) is 0 Å². The highest BCUT2D eigenvalue weighted by Gasteiger charge is 1.82. The van der Waals surface area contributed by atoms with E-state index in [0.29, 0.717) is 0 Å². The average Bonchev–Trinajstić information content (AvgIpc) is 1.61. The Labute approximate surface area is 50.2 Å². The lowest BCUT2D eigenvalue weighted by Gasteiger charge is -2.02. The van der Waals surface area contributed by atoms with Crippen LogP contribution in [0.15, 0.2) is 5.10 Å². The maximum atomic E-state index is 5.36. The SMILES string of the molecule is CC(N)/C=N\N(C)C. The molecule has 2 N–H and O–H groups in total. The van der Waals surface area contributed by atoms with Gasteiger partial charge in [0.2, 0.25) is 0 Å². The first kappa shape index (κ1) is 7.43. The molecule has 0 aromatic rings. The van der Waals surface area contributed by atoms with E-state index in [1.54, 1.807) is 11.2 Å². The quantitative estimate of drug-likeness (QED) is 0.402. The van der Waals surface area contributed by atoms with E-state index in [1.165, 1.54) is 0 Å². The highest BCUT2D eigenvalue weighted by Crippen LogP contribution is 1.73. The molecule has 0 amide bonds. The summed E-state index contributed by atoms with van der Waals surface area (Å²) in [5, 5.41) is 5.62. The van der Waals surface area contributed by atoms with Crippen molar-refractivity contribution in [1.82, 2.24) is 5.01 Å². The zero-order valence-electron chi connectivity index (χ0n) is 5.63. The summed E-state index contributed by atoms with van der Waals surface area (Å²) in [4.78, 5) is 0. The number of nitrogens with two attached hydrogens (primary N) is 1. The molecule has 0 saturated carbocycles. The summed E-state index contributed by atoms with van der Waals surface area (Å²) in [5.74, 6) is 0. The fourth-order valence-electron chi connectivity index (χ4n) is 0.238. The third-order valence-corrected chi connectivity index (χ3v) is 0.533. The van der Waals surface area contributed by atoms with Gasteiger partial charge < -0.3 is 10.7 Å². The lowest BCUT2D eigenvalue weighted by Crippen LogP contribution is -2.18. The molecule has 8 heavy (non-hydrogen) atoms. The molecule has 3 heteroatoms. The summed E-state index contributed by atoms with van der Waals surface area (Å²) in [6.07, 6.45) is 1.69. The summed E-state index contributed by atoms with van der Waals surface area (Å²) < 4.78 is 0. The Morgan fingerprint density at radius 1 is 1.62 bits per heavy atom. The summed E-state index contributed by atoms with van der Waals surface area (Å²) >= 11 is 0. The molecule has 0 heterocycles. The Bertz CT molecular complexity index is 65.7. The molecule has 0 aliphatic rings. The second-order valence-corrected chi connectivity index (χ2v) is 1.97. The van der Waals surface area contributed by atoms with Gasteiger partial charge in [0, 0.05) is 26.4 Å². The standard InChI is InChI=1S/C5H13N3/c1-5(6)4-7-8(2)3/h4-5H,6H2,1-3H3/b7-4-. The molecule has 0 saturated heterocycles. The molecule has 0 aliphatic heterocycles. The normalized spacial score (nSPS) is 14.5.